The zero-order chi connectivity index (χ0) is 16.5. The Morgan fingerprint density at radius 2 is 2.04 bits per heavy atom. The minimum atomic E-state index is 0.191. The van der Waals surface area contributed by atoms with Gasteiger partial charge in [0.1, 0.15) is 0 Å². The Morgan fingerprint density at radius 3 is 2.83 bits per heavy atom. The fourth-order valence-electron chi connectivity index (χ4n) is 4.49. The van der Waals surface area contributed by atoms with Gasteiger partial charge in [-0.05, 0) is 55.5 Å². The number of piperidine rings is 1. The van der Waals surface area contributed by atoms with Gasteiger partial charge in [-0.15, -0.1) is 0 Å². The number of hydrogen-bond acceptors (Lipinski definition) is 2. The number of para-hydroxylation sites is 1. The van der Waals surface area contributed by atoms with E-state index >= 15 is 0 Å². The second-order valence-corrected chi connectivity index (χ2v) is 7.47. The first-order valence-corrected chi connectivity index (χ1v) is 9.35. The first-order chi connectivity index (χ1) is 11.7. The number of aromatic nitrogens is 1. The van der Waals surface area contributed by atoms with Crippen molar-refractivity contribution in [2.45, 2.75) is 57.0 Å². The summed E-state index contributed by atoms with van der Waals surface area (Å²) >= 11 is 0. The molecule has 2 fully saturated rings. The molecule has 24 heavy (non-hydrogen) atoms. The van der Waals surface area contributed by atoms with Gasteiger partial charge < -0.3 is 15.6 Å². The lowest BCUT2D eigenvalue weighted by atomic mass is 9.95. The largest absolute Gasteiger partial charge is 0.357 e. The van der Waals surface area contributed by atoms with Crippen LogP contribution >= 0.6 is 0 Å². The fraction of sp³-hybridized carbons (Fsp3) is 0.550. The SMILES string of the molecule is N[C@@H]1CCC[C@H]1CC(=O)N1CCCCC1c1cc2ccccc2[nH]1. The maximum Gasteiger partial charge on any atom is 0.223 e. The number of nitrogens with one attached hydrogen (secondary N) is 1. The molecule has 2 aliphatic rings. The highest BCUT2D eigenvalue weighted by molar-refractivity contribution is 5.81. The summed E-state index contributed by atoms with van der Waals surface area (Å²) in [6.45, 7) is 0.876. The molecule has 3 atom stereocenters. The molecule has 4 nitrogen and oxygen atoms in total. The number of carbonyl (C=O) groups is 1. The molecule has 1 saturated heterocycles. The smallest absolute Gasteiger partial charge is 0.223 e. The van der Waals surface area contributed by atoms with Crippen LogP contribution in [0.15, 0.2) is 30.3 Å². The lowest BCUT2D eigenvalue weighted by Crippen LogP contribution is -2.40. The molecule has 1 unspecified atom stereocenters. The van der Waals surface area contributed by atoms with Crippen LogP contribution in [0.3, 0.4) is 0 Å². The number of amides is 1. The van der Waals surface area contributed by atoms with Gasteiger partial charge in [-0.25, -0.2) is 0 Å². The van der Waals surface area contributed by atoms with Gasteiger partial charge in [-0.3, -0.25) is 4.79 Å². The summed E-state index contributed by atoms with van der Waals surface area (Å²) in [6, 6.07) is 11.0. The summed E-state index contributed by atoms with van der Waals surface area (Å²) in [6.07, 6.45) is 7.32. The molecule has 3 N–H and O–H groups in total. The fourth-order valence-corrected chi connectivity index (χ4v) is 4.49. The van der Waals surface area contributed by atoms with Crippen molar-refractivity contribution < 1.29 is 4.79 Å². The van der Waals surface area contributed by atoms with Crippen molar-refractivity contribution >= 4 is 16.8 Å². The van der Waals surface area contributed by atoms with E-state index in [0.717, 1.165) is 37.7 Å². The highest BCUT2D eigenvalue weighted by Crippen LogP contribution is 2.34. The van der Waals surface area contributed by atoms with Gasteiger partial charge >= 0.3 is 0 Å². The minimum absolute atomic E-state index is 0.191. The standard InChI is InChI=1S/C20H27N3O/c21-16-8-5-7-14(16)13-20(24)23-11-4-3-10-19(23)18-12-15-6-1-2-9-17(15)22-18/h1-2,6,9,12,14,16,19,22H,3-5,7-8,10-11,13,21H2/t14-,16+,19?/m0/s1. The second kappa shape index (κ2) is 6.60. The number of carbonyl (C=O) groups excluding carboxylic acids is 1. The van der Waals surface area contributed by atoms with E-state index in [0.29, 0.717) is 18.2 Å². The number of rotatable bonds is 3. The first kappa shape index (κ1) is 15.7. The average Bonchev–Trinajstić information content (AvgIpc) is 3.21. The van der Waals surface area contributed by atoms with E-state index in [4.69, 9.17) is 5.73 Å². The molecule has 0 radical (unpaired) electrons. The van der Waals surface area contributed by atoms with Crippen LogP contribution in [0.4, 0.5) is 0 Å². The molecular formula is C20H27N3O. The van der Waals surface area contributed by atoms with E-state index in [1.165, 1.54) is 23.9 Å². The van der Waals surface area contributed by atoms with Crippen molar-refractivity contribution in [2.75, 3.05) is 6.54 Å². The van der Waals surface area contributed by atoms with Crippen LogP contribution in [0.25, 0.3) is 10.9 Å². The molecule has 128 valence electrons. The maximum atomic E-state index is 13.0. The number of aromatic amines is 1. The molecule has 1 aromatic carbocycles. The van der Waals surface area contributed by atoms with Crippen LogP contribution in [-0.2, 0) is 4.79 Å². The molecule has 2 aromatic rings. The van der Waals surface area contributed by atoms with Gasteiger partial charge in [-0.1, -0.05) is 24.6 Å². The molecule has 1 saturated carbocycles. The van der Waals surface area contributed by atoms with Crippen LogP contribution in [0.2, 0.25) is 0 Å². The summed E-state index contributed by atoms with van der Waals surface area (Å²) in [5, 5.41) is 1.23. The van der Waals surface area contributed by atoms with E-state index in [-0.39, 0.29) is 12.1 Å². The summed E-state index contributed by atoms with van der Waals surface area (Å²) in [7, 11) is 0. The Bertz CT molecular complexity index is 689. The number of hydrogen-bond donors (Lipinski definition) is 2. The van der Waals surface area contributed by atoms with E-state index in [2.05, 4.69) is 34.1 Å². The molecule has 1 aliphatic heterocycles. The van der Waals surface area contributed by atoms with Crippen molar-refractivity contribution in [3.63, 3.8) is 0 Å². The predicted molar refractivity (Wildman–Crippen MR) is 96.5 cm³/mol. The lowest BCUT2D eigenvalue weighted by Gasteiger charge is -2.36. The van der Waals surface area contributed by atoms with E-state index in [1.54, 1.807) is 0 Å². The Labute approximate surface area is 143 Å². The van der Waals surface area contributed by atoms with Gasteiger partial charge in [0.25, 0.3) is 0 Å². The maximum absolute atomic E-state index is 13.0. The zero-order valence-electron chi connectivity index (χ0n) is 14.2. The molecule has 1 aromatic heterocycles. The third-order valence-electron chi connectivity index (χ3n) is 5.89. The third kappa shape index (κ3) is 2.95. The van der Waals surface area contributed by atoms with Crippen molar-refractivity contribution in [3.8, 4) is 0 Å². The third-order valence-corrected chi connectivity index (χ3v) is 5.89. The lowest BCUT2D eigenvalue weighted by molar-refractivity contribution is -0.136. The van der Waals surface area contributed by atoms with Crippen LogP contribution in [0.5, 0.6) is 0 Å². The molecule has 2 heterocycles. The number of H-pyrrole nitrogens is 1. The van der Waals surface area contributed by atoms with E-state index in [9.17, 15) is 4.79 Å². The Kier molecular flexibility index (Phi) is 4.31. The molecule has 0 bridgehead atoms. The second-order valence-electron chi connectivity index (χ2n) is 7.47. The molecule has 1 aliphatic carbocycles. The number of fused-ring (bicyclic) bond motifs is 1. The summed E-state index contributed by atoms with van der Waals surface area (Å²) in [5.41, 5.74) is 8.51. The van der Waals surface area contributed by atoms with Gasteiger partial charge in [0.2, 0.25) is 5.91 Å². The monoisotopic (exact) mass is 325 g/mol. The predicted octanol–water partition coefficient (Wildman–Crippen LogP) is 3.74. The first-order valence-electron chi connectivity index (χ1n) is 9.35. The highest BCUT2D eigenvalue weighted by Gasteiger charge is 2.33. The topological polar surface area (TPSA) is 62.1 Å². The van der Waals surface area contributed by atoms with Crippen LogP contribution in [0, 0.1) is 5.92 Å². The molecule has 4 heteroatoms. The number of nitrogens with two attached hydrogens (primary N) is 1. The normalized spacial score (nSPS) is 27.7. The number of benzene rings is 1. The van der Waals surface area contributed by atoms with E-state index < -0.39 is 0 Å². The minimum Gasteiger partial charge on any atom is -0.357 e. The van der Waals surface area contributed by atoms with Gasteiger partial charge in [0, 0.05) is 30.2 Å². The van der Waals surface area contributed by atoms with Crippen molar-refractivity contribution in [1.29, 1.82) is 0 Å². The summed E-state index contributed by atoms with van der Waals surface area (Å²) < 4.78 is 0. The number of likely N-dealkylation sites (tertiary alicyclic amines) is 1. The zero-order valence-corrected chi connectivity index (χ0v) is 14.2. The van der Waals surface area contributed by atoms with Crippen LogP contribution in [-0.4, -0.2) is 28.4 Å². The summed E-state index contributed by atoms with van der Waals surface area (Å²) in [4.78, 5) is 18.6. The van der Waals surface area contributed by atoms with Crippen molar-refractivity contribution in [2.24, 2.45) is 11.7 Å². The Morgan fingerprint density at radius 1 is 1.17 bits per heavy atom. The molecule has 0 spiro atoms. The van der Waals surface area contributed by atoms with Crippen molar-refractivity contribution in [3.05, 3.63) is 36.0 Å². The average molecular weight is 325 g/mol. The van der Waals surface area contributed by atoms with Crippen LogP contribution < -0.4 is 5.73 Å². The Balaban J connectivity index is 1.55. The molecule has 4 rings (SSSR count). The molecular weight excluding hydrogens is 298 g/mol. The van der Waals surface area contributed by atoms with E-state index in [1.807, 2.05) is 6.07 Å². The summed E-state index contributed by atoms with van der Waals surface area (Å²) in [5.74, 6) is 0.670. The van der Waals surface area contributed by atoms with Crippen LogP contribution in [0.1, 0.15) is 56.7 Å². The van der Waals surface area contributed by atoms with Gasteiger partial charge in [0.05, 0.1) is 6.04 Å². The number of nitrogens with zero attached hydrogens (tertiary/aromatic N) is 1. The highest BCUT2D eigenvalue weighted by atomic mass is 16.2. The van der Waals surface area contributed by atoms with Gasteiger partial charge in [-0.2, -0.15) is 0 Å². The van der Waals surface area contributed by atoms with Gasteiger partial charge in [0.15, 0.2) is 0 Å². The van der Waals surface area contributed by atoms with Crippen molar-refractivity contribution in [1.82, 2.24) is 9.88 Å². The quantitative estimate of drug-likeness (QED) is 0.903. The molecule has 1 amide bonds. The Hall–Kier alpha value is -1.81.